The molecule has 0 fully saturated rings. The second-order valence-electron chi connectivity index (χ2n) is 10.3. The maximum absolute atomic E-state index is 11.2. The Balaban J connectivity index is 0. The van der Waals surface area contributed by atoms with Crippen molar-refractivity contribution in [2.75, 3.05) is 0 Å². The van der Waals surface area contributed by atoms with Crippen LogP contribution in [0.4, 0.5) is 0 Å². The van der Waals surface area contributed by atoms with E-state index in [1.54, 1.807) is 0 Å². The SMILES string of the molecule is CCCCCCCCC(=O)OOC(C)(C)C.CCCCCCCCC(=O)OOC(C)(C)C. The van der Waals surface area contributed by atoms with Crippen molar-refractivity contribution in [3.05, 3.63) is 0 Å². The van der Waals surface area contributed by atoms with E-state index < -0.39 is 11.2 Å². The first-order valence-electron chi connectivity index (χ1n) is 12.7. The molecule has 0 unspecified atom stereocenters. The quantitative estimate of drug-likeness (QED) is 0.132. The highest BCUT2D eigenvalue weighted by Gasteiger charge is 2.15. The van der Waals surface area contributed by atoms with E-state index in [0.717, 1.165) is 25.7 Å². The van der Waals surface area contributed by atoms with Crippen LogP contribution in [-0.4, -0.2) is 23.1 Å². The molecule has 0 aliphatic carbocycles. The summed E-state index contributed by atoms with van der Waals surface area (Å²) in [5, 5.41) is 0. The van der Waals surface area contributed by atoms with Gasteiger partial charge in [0.2, 0.25) is 0 Å². The second-order valence-corrected chi connectivity index (χ2v) is 10.3. The van der Waals surface area contributed by atoms with E-state index in [-0.39, 0.29) is 11.9 Å². The lowest BCUT2D eigenvalue weighted by atomic mass is 10.1. The van der Waals surface area contributed by atoms with E-state index >= 15 is 0 Å². The molecule has 0 bridgehead atoms. The van der Waals surface area contributed by atoms with Crippen LogP contribution in [0.1, 0.15) is 145 Å². The third-order valence-electron chi connectivity index (χ3n) is 4.24. The molecule has 0 N–H and O–H groups in total. The molecule has 0 amide bonds. The lowest BCUT2D eigenvalue weighted by molar-refractivity contribution is -0.320. The number of carbonyl (C=O) groups is 2. The smallest absolute Gasteiger partial charge is 0.298 e. The van der Waals surface area contributed by atoms with Gasteiger partial charge in [-0.05, 0) is 54.4 Å². The highest BCUT2D eigenvalue weighted by molar-refractivity contribution is 5.68. The molecular weight excluding hydrogens is 408 g/mol. The lowest BCUT2D eigenvalue weighted by Gasteiger charge is -2.16. The van der Waals surface area contributed by atoms with Gasteiger partial charge in [-0.1, -0.05) is 78.1 Å². The Hall–Kier alpha value is -1.14. The number of hydrogen-bond acceptors (Lipinski definition) is 6. The predicted molar refractivity (Wildman–Crippen MR) is 130 cm³/mol. The largest absolute Gasteiger partial charge is 0.342 e. The average Bonchev–Trinajstić information content (AvgIpc) is 2.69. The monoisotopic (exact) mass is 460 g/mol. The fourth-order valence-electron chi connectivity index (χ4n) is 2.53. The third kappa shape index (κ3) is 31.0. The fraction of sp³-hybridized carbons (Fsp3) is 0.923. The topological polar surface area (TPSA) is 71.1 Å². The van der Waals surface area contributed by atoms with Gasteiger partial charge in [0.05, 0.1) is 0 Å². The van der Waals surface area contributed by atoms with Crippen LogP contribution in [0.2, 0.25) is 0 Å². The molecular formula is C26H52O6. The first kappa shape index (κ1) is 33.0. The van der Waals surface area contributed by atoms with Crippen LogP contribution in [0.25, 0.3) is 0 Å². The van der Waals surface area contributed by atoms with Crippen molar-refractivity contribution in [3.8, 4) is 0 Å². The molecule has 0 radical (unpaired) electrons. The van der Waals surface area contributed by atoms with E-state index in [2.05, 4.69) is 13.8 Å². The minimum Gasteiger partial charge on any atom is -0.298 e. The zero-order chi connectivity index (χ0) is 24.9. The van der Waals surface area contributed by atoms with Gasteiger partial charge < -0.3 is 0 Å². The van der Waals surface area contributed by atoms with Crippen LogP contribution in [0.15, 0.2) is 0 Å². The molecule has 0 aliphatic heterocycles. The molecule has 0 aromatic heterocycles. The summed E-state index contributed by atoms with van der Waals surface area (Å²) in [5.41, 5.74) is -0.840. The molecule has 0 rings (SSSR count). The maximum Gasteiger partial charge on any atom is 0.342 e. The Morgan fingerprint density at radius 3 is 1.06 bits per heavy atom. The molecule has 0 atom stereocenters. The van der Waals surface area contributed by atoms with E-state index in [1.807, 2.05) is 41.5 Å². The maximum atomic E-state index is 11.2. The van der Waals surface area contributed by atoms with Crippen molar-refractivity contribution in [3.63, 3.8) is 0 Å². The van der Waals surface area contributed by atoms with Crippen LogP contribution in [-0.2, 0) is 29.1 Å². The first-order valence-corrected chi connectivity index (χ1v) is 12.7. The Kier molecular flexibility index (Phi) is 21.1. The molecule has 0 heterocycles. The van der Waals surface area contributed by atoms with Crippen molar-refractivity contribution in [1.29, 1.82) is 0 Å². The summed E-state index contributed by atoms with van der Waals surface area (Å²) >= 11 is 0. The van der Waals surface area contributed by atoms with Crippen LogP contribution >= 0.6 is 0 Å². The van der Waals surface area contributed by atoms with Crippen LogP contribution in [0.5, 0.6) is 0 Å². The fourth-order valence-corrected chi connectivity index (χ4v) is 2.53. The van der Waals surface area contributed by atoms with E-state index in [1.165, 1.54) is 51.4 Å². The zero-order valence-electron chi connectivity index (χ0n) is 22.3. The summed E-state index contributed by atoms with van der Waals surface area (Å²) in [6.07, 6.45) is 15.0. The standard InChI is InChI=1S/2C13H26O3/c2*1-5-6-7-8-9-10-11-12(14)15-16-13(2,3)4/h2*5-11H2,1-4H3. The lowest BCUT2D eigenvalue weighted by Crippen LogP contribution is -2.21. The van der Waals surface area contributed by atoms with Gasteiger partial charge >= 0.3 is 11.9 Å². The summed E-state index contributed by atoms with van der Waals surface area (Å²) in [7, 11) is 0. The summed E-state index contributed by atoms with van der Waals surface area (Å²) < 4.78 is 0. The first-order chi connectivity index (χ1) is 14.9. The van der Waals surface area contributed by atoms with Gasteiger partial charge in [-0.15, -0.1) is 0 Å². The number of unbranched alkanes of at least 4 members (excludes halogenated alkanes) is 10. The van der Waals surface area contributed by atoms with Crippen LogP contribution < -0.4 is 0 Å². The molecule has 6 heteroatoms. The molecule has 0 aliphatic rings. The van der Waals surface area contributed by atoms with E-state index in [0.29, 0.717) is 12.8 Å². The molecule has 0 saturated carbocycles. The van der Waals surface area contributed by atoms with E-state index in [4.69, 9.17) is 19.6 Å². The Morgan fingerprint density at radius 2 is 0.781 bits per heavy atom. The highest BCUT2D eigenvalue weighted by atomic mass is 17.2. The average molecular weight is 461 g/mol. The molecule has 192 valence electrons. The normalized spacial score (nSPS) is 11.5. The van der Waals surface area contributed by atoms with E-state index in [9.17, 15) is 9.59 Å². The van der Waals surface area contributed by atoms with Gasteiger partial charge in [0, 0.05) is 12.8 Å². The van der Waals surface area contributed by atoms with Crippen molar-refractivity contribution in [2.45, 2.75) is 156 Å². The summed E-state index contributed by atoms with van der Waals surface area (Å²) in [6.45, 7) is 15.5. The minimum absolute atomic E-state index is 0.259. The Labute approximate surface area is 198 Å². The Morgan fingerprint density at radius 1 is 0.500 bits per heavy atom. The minimum atomic E-state index is -0.420. The van der Waals surface area contributed by atoms with Gasteiger partial charge in [0.15, 0.2) is 0 Å². The summed E-state index contributed by atoms with van der Waals surface area (Å²) in [5.74, 6) is -0.518. The van der Waals surface area contributed by atoms with Crippen molar-refractivity contribution >= 4 is 11.9 Å². The highest BCUT2D eigenvalue weighted by Crippen LogP contribution is 2.12. The number of carbonyl (C=O) groups excluding carboxylic acids is 2. The van der Waals surface area contributed by atoms with Crippen molar-refractivity contribution in [2.24, 2.45) is 0 Å². The molecule has 0 saturated heterocycles. The molecule has 32 heavy (non-hydrogen) atoms. The van der Waals surface area contributed by atoms with Crippen molar-refractivity contribution in [1.82, 2.24) is 0 Å². The van der Waals surface area contributed by atoms with Gasteiger partial charge in [0.1, 0.15) is 11.2 Å². The molecule has 0 aromatic rings. The number of rotatable bonds is 16. The van der Waals surface area contributed by atoms with Crippen LogP contribution in [0, 0.1) is 0 Å². The molecule has 0 spiro atoms. The second kappa shape index (κ2) is 20.5. The summed E-state index contributed by atoms with van der Waals surface area (Å²) in [6, 6.07) is 0. The van der Waals surface area contributed by atoms with Gasteiger partial charge in [-0.3, -0.25) is 9.78 Å². The van der Waals surface area contributed by atoms with Gasteiger partial charge in [-0.25, -0.2) is 9.59 Å². The van der Waals surface area contributed by atoms with Gasteiger partial charge in [0.25, 0.3) is 0 Å². The molecule has 6 nitrogen and oxygen atoms in total. The van der Waals surface area contributed by atoms with Crippen LogP contribution in [0.3, 0.4) is 0 Å². The zero-order valence-corrected chi connectivity index (χ0v) is 22.3. The third-order valence-corrected chi connectivity index (χ3v) is 4.24. The summed E-state index contributed by atoms with van der Waals surface area (Å²) in [4.78, 5) is 41.7. The number of hydrogen-bond donors (Lipinski definition) is 0. The van der Waals surface area contributed by atoms with Gasteiger partial charge in [-0.2, -0.15) is 9.78 Å². The predicted octanol–water partition coefficient (Wildman–Crippen LogP) is 8.02. The van der Waals surface area contributed by atoms with Crippen molar-refractivity contribution < 1.29 is 29.1 Å². The Bertz CT molecular complexity index is 406. The molecule has 0 aromatic carbocycles.